The molecule has 9 nitrogen and oxygen atoms in total. The molecule has 4 N–H and O–H groups in total. The van der Waals surface area contributed by atoms with Gasteiger partial charge in [0.1, 0.15) is 0 Å². The first kappa shape index (κ1) is 33.5. The maximum atomic E-state index is 11.0. The fourth-order valence-electron chi connectivity index (χ4n) is 5.62. The Morgan fingerprint density at radius 1 is 0.707 bits per heavy atom. The van der Waals surface area contributed by atoms with Crippen LogP contribution < -0.4 is 0 Å². The van der Waals surface area contributed by atoms with Crippen molar-refractivity contribution < 1.29 is 25.3 Å². The van der Waals surface area contributed by atoms with Gasteiger partial charge >= 0.3 is 11.9 Å². The van der Waals surface area contributed by atoms with Crippen LogP contribution in [-0.2, 0) is 38.8 Å². The second-order valence-electron chi connectivity index (χ2n) is 10.3. The number of hydrogen-bond acceptors (Lipinski definition) is 4. The number of benzene rings is 2. The third-order valence-electron chi connectivity index (χ3n) is 7.62. The molecule has 41 heavy (non-hydrogen) atoms. The topological polar surface area (TPSA) is 142 Å². The summed E-state index contributed by atoms with van der Waals surface area (Å²) in [5, 5.41) is 18.0. The molecule has 0 radical (unpaired) electrons. The molecular weight excluding hydrogens is 567 g/mol. The van der Waals surface area contributed by atoms with Gasteiger partial charge < -0.3 is 24.8 Å². The third kappa shape index (κ3) is 8.66. The van der Waals surface area contributed by atoms with Gasteiger partial charge in [-0.15, -0.1) is 24.8 Å². The average molecular weight is 604 g/mol. The van der Waals surface area contributed by atoms with Gasteiger partial charge in [0, 0.05) is 37.9 Å². The van der Waals surface area contributed by atoms with E-state index in [4.69, 9.17) is 10.2 Å². The lowest BCUT2D eigenvalue weighted by molar-refractivity contribution is 0.0686. The SMILES string of the molecule is Cl.Cl.O.O=C(O)c1ccc2c(c1)CCC(Cn1ccnc1)C2.O=C(O)c1ccc2c(c1)CCC(Cn1ccnc1)C2. The average Bonchev–Trinajstić information content (AvgIpc) is 3.63. The van der Waals surface area contributed by atoms with Crippen LogP contribution in [0.2, 0.25) is 0 Å². The Balaban J connectivity index is 0.000000267. The molecule has 220 valence electrons. The molecular formula is C30H36Cl2N4O5. The zero-order valence-electron chi connectivity index (χ0n) is 22.6. The van der Waals surface area contributed by atoms with Crippen LogP contribution in [0.5, 0.6) is 0 Å². The van der Waals surface area contributed by atoms with Crippen LogP contribution in [-0.4, -0.2) is 46.7 Å². The molecule has 2 aromatic carbocycles. The van der Waals surface area contributed by atoms with E-state index in [0.717, 1.165) is 51.6 Å². The minimum absolute atomic E-state index is 0. The predicted octanol–water partition coefficient (Wildman–Crippen LogP) is 4.79. The number of carboxylic acid groups (broad SMARTS) is 2. The Morgan fingerprint density at radius 3 is 1.46 bits per heavy atom. The van der Waals surface area contributed by atoms with E-state index in [1.807, 2.05) is 49.3 Å². The third-order valence-corrected chi connectivity index (χ3v) is 7.62. The molecule has 2 heterocycles. The molecule has 6 rings (SSSR count). The van der Waals surface area contributed by atoms with Crippen LogP contribution in [0.1, 0.15) is 55.8 Å². The summed E-state index contributed by atoms with van der Waals surface area (Å²) in [7, 11) is 0. The molecule has 0 spiro atoms. The molecule has 2 unspecified atom stereocenters. The predicted molar refractivity (Wildman–Crippen MR) is 160 cm³/mol. The van der Waals surface area contributed by atoms with Gasteiger partial charge in [-0.05, 0) is 96.9 Å². The second kappa shape index (κ2) is 15.4. The van der Waals surface area contributed by atoms with Crippen molar-refractivity contribution >= 4 is 36.8 Å². The summed E-state index contributed by atoms with van der Waals surface area (Å²) in [6, 6.07) is 11.0. The molecule has 4 aromatic rings. The van der Waals surface area contributed by atoms with Crippen LogP contribution in [0.25, 0.3) is 0 Å². The van der Waals surface area contributed by atoms with Crippen molar-refractivity contribution in [3.63, 3.8) is 0 Å². The Morgan fingerprint density at radius 2 is 1.12 bits per heavy atom. The highest BCUT2D eigenvalue weighted by Gasteiger charge is 2.21. The van der Waals surface area contributed by atoms with E-state index >= 15 is 0 Å². The van der Waals surface area contributed by atoms with Crippen LogP contribution in [0.3, 0.4) is 0 Å². The molecule has 0 saturated carbocycles. The zero-order valence-corrected chi connectivity index (χ0v) is 24.2. The molecule has 0 amide bonds. The number of hydrogen-bond donors (Lipinski definition) is 2. The van der Waals surface area contributed by atoms with Gasteiger partial charge in [0.25, 0.3) is 0 Å². The molecule has 11 heteroatoms. The normalized spacial score (nSPS) is 16.7. The first-order valence-corrected chi connectivity index (χ1v) is 13.1. The van der Waals surface area contributed by atoms with E-state index in [1.54, 1.807) is 24.5 Å². The minimum atomic E-state index is -0.844. The Bertz CT molecular complexity index is 1300. The summed E-state index contributed by atoms with van der Waals surface area (Å²) in [5.41, 5.74) is 5.77. The Kier molecular flexibility index (Phi) is 12.6. The van der Waals surface area contributed by atoms with Crippen molar-refractivity contribution in [2.24, 2.45) is 11.8 Å². The molecule has 2 atom stereocenters. The molecule has 0 bridgehead atoms. The van der Waals surface area contributed by atoms with Gasteiger partial charge in [-0.2, -0.15) is 0 Å². The summed E-state index contributed by atoms with van der Waals surface area (Å²) in [5.74, 6) is -0.471. The highest BCUT2D eigenvalue weighted by Crippen LogP contribution is 2.28. The first-order chi connectivity index (χ1) is 18.4. The van der Waals surface area contributed by atoms with Crippen molar-refractivity contribution in [3.05, 3.63) is 107 Å². The quantitative estimate of drug-likeness (QED) is 0.325. The maximum absolute atomic E-state index is 11.0. The fraction of sp³-hybridized carbons (Fsp3) is 0.333. The zero-order chi connectivity index (χ0) is 26.5. The van der Waals surface area contributed by atoms with Crippen molar-refractivity contribution in [3.8, 4) is 0 Å². The van der Waals surface area contributed by atoms with Crippen molar-refractivity contribution in [1.82, 2.24) is 19.1 Å². The van der Waals surface area contributed by atoms with E-state index < -0.39 is 11.9 Å². The number of rotatable bonds is 6. The van der Waals surface area contributed by atoms with Crippen molar-refractivity contribution in [1.29, 1.82) is 0 Å². The Hall–Kier alpha value is -3.66. The van der Waals surface area contributed by atoms with Crippen LogP contribution >= 0.6 is 24.8 Å². The van der Waals surface area contributed by atoms with E-state index in [1.165, 1.54) is 22.3 Å². The number of imidazole rings is 2. The van der Waals surface area contributed by atoms with Gasteiger partial charge in [-0.3, -0.25) is 0 Å². The molecule has 0 saturated heterocycles. The fourth-order valence-corrected chi connectivity index (χ4v) is 5.62. The molecule has 2 aliphatic carbocycles. The van der Waals surface area contributed by atoms with Crippen LogP contribution in [0.4, 0.5) is 0 Å². The van der Waals surface area contributed by atoms with E-state index in [2.05, 4.69) is 19.1 Å². The minimum Gasteiger partial charge on any atom is -0.478 e. The molecule has 0 aliphatic heterocycles. The lowest BCUT2D eigenvalue weighted by Crippen LogP contribution is -2.19. The summed E-state index contributed by atoms with van der Waals surface area (Å²) < 4.78 is 4.22. The van der Waals surface area contributed by atoms with Gasteiger partial charge in [0.05, 0.1) is 23.8 Å². The summed E-state index contributed by atoms with van der Waals surface area (Å²) >= 11 is 0. The van der Waals surface area contributed by atoms with Crippen molar-refractivity contribution in [2.45, 2.75) is 51.6 Å². The highest BCUT2D eigenvalue weighted by atomic mass is 35.5. The van der Waals surface area contributed by atoms with Crippen LogP contribution in [0.15, 0.2) is 73.8 Å². The number of aryl methyl sites for hydroxylation is 2. The van der Waals surface area contributed by atoms with Crippen LogP contribution in [0, 0.1) is 11.8 Å². The van der Waals surface area contributed by atoms with Gasteiger partial charge in [-0.1, -0.05) is 12.1 Å². The van der Waals surface area contributed by atoms with Gasteiger partial charge in [-0.25, -0.2) is 19.6 Å². The number of aromatic carboxylic acids is 2. The molecule has 2 aliphatic rings. The lowest BCUT2D eigenvalue weighted by atomic mass is 9.83. The highest BCUT2D eigenvalue weighted by molar-refractivity contribution is 5.88. The largest absolute Gasteiger partial charge is 0.478 e. The van der Waals surface area contributed by atoms with Gasteiger partial charge in [0.2, 0.25) is 0 Å². The number of aromatic nitrogens is 4. The number of carbonyl (C=O) groups is 2. The number of carboxylic acids is 2. The van der Waals surface area contributed by atoms with Crippen molar-refractivity contribution in [2.75, 3.05) is 0 Å². The molecule has 2 aromatic heterocycles. The summed E-state index contributed by atoms with van der Waals surface area (Å²) in [4.78, 5) is 30.0. The second-order valence-corrected chi connectivity index (χ2v) is 10.3. The summed E-state index contributed by atoms with van der Waals surface area (Å²) in [6.45, 7) is 1.97. The van der Waals surface area contributed by atoms with E-state index in [9.17, 15) is 9.59 Å². The number of fused-ring (bicyclic) bond motifs is 2. The van der Waals surface area contributed by atoms with E-state index in [-0.39, 0.29) is 30.3 Å². The van der Waals surface area contributed by atoms with E-state index in [0.29, 0.717) is 23.0 Å². The first-order valence-electron chi connectivity index (χ1n) is 13.1. The maximum Gasteiger partial charge on any atom is 0.335 e. The summed E-state index contributed by atoms with van der Waals surface area (Å²) in [6.07, 6.45) is 17.5. The van der Waals surface area contributed by atoms with Gasteiger partial charge in [0.15, 0.2) is 0 Å². The Labute approximate surface area is 251 Å². The molecule has 0 fully saturated rings. The lowest BCUT2D eigenvalue weighted by Gasteiger charge is -2.25. The standard InChI is InChI=1S/2C15H16N2O2.2ClH.H2O/c2*18-15(19)14-4-3-12-7-11(1-2-13(12)8-14)9-17-6-5-16-10-17;;;/h2*3-6,8,10-11H,1-2,7,9H2,(H,18,19);2*1H;1H2. The number of halogens is 2. The monoisotopic (exact) mass is 602 g/mol. The number of nitrogens with zero attached hydrogens (tertiary/aromatic N) is 4. The smallest absolute Gasteiger partial charge is 0.335 e.